The maximum Gasteiger partial charge on any atom is 0.129 e. The lowest BCUT2D eigenvalue weighted by Crippen LogP contribution is -2.34. The first-order valence-corrected chi connectivity index (χ1v) is 8.68. The van der Waals surface area contributed by atoms with E-state index in [0.29, 0.717) is 6.04 Å². The zero-order valence-corrected chi connectivity index (χ0v) is 14.4. The second kappa shape index (κ2) is 7.73. The highest BCUT2D eigenvalue weighted by Crippen LogP contribution is 2.21. The molecule has 1 fully saturated rings. The molecule has 2 N–H and O–H groups in total. The van der Waals surface area contributed by atoms with Crippen LogP contribution in [-0.2, 0) is 13.0 Å². The van der Waals surface area contributed by atoms with Crippen molar-refractivity contribution >= 4 is 5.82 Å². The number of likely N-dealkylation sites (tertiary alicyclic amines) is 1. The Morgan fingerprint density at radius 2 is 2.04 bits per heavy atom. The SMILES string of the molecule is CCc1cc(NCC2CC(O)CN2Cc2ccccc2)nc(C)n1. The van der Waals surface area contributed by atoms with E-state index in [-0.39, 0.29) is 6.10 Å². The second-order valence-corrected chi connectivity index (χ2v) is 6.48. The number of aliphatic hydroxyl groups is 1. The van der Waals surface area contributed by atoms with Crippen molar-refractivity contribution in [2.45, 2.75) is 45.4 Å². The van der Waals surface area contributed by atoms with Crippen LogP contribution in [-0.4, -0.2) is 45.2 Å². The van der Waals surface area contributed by atoms with Crippen molar-refractivity contribution in [2.24, 2.45) is 0 Å². The number of aliphatic hydroxyl groups excluding tert-OH is 1. The maximum atomic E-state index is 10.1. The lowest BCUT2D eigenvalue weighted by atomic mass is 10.1. The van der Waals surface area contributed by atoms with E-state index in [9.17, 15) is 5.11 Å². The summed E-state index contributed by atoms with van der Waals surface area (Å²) < 4.78 is 0. The topological polar surface area (TPSA) is 61.3 Å². The zero-order valence-electron chi connectivity index (χ0n) is 14.4. The first-order valence-electron chi connectivity index (χ1n) is 8.68. The Morgan fingerprint density at radius 3 is 2.79 bits per heavy atom. The van der Waals surface area contributed by atoms with Crippen LogP contribution in [0.5, 0.6) is 0 Å². The molecule has 0 amide bonds. The highest BCUT2D eigenvalue weighted by molar-refractivity contribution is 5.36. The predicted octanol–water partition coefficient (Wildman–Crippen LogP) is 2.39. The van der Waals surface area contributed by atoms with Crippen molar-refractivity contribution in [2.75, 3.05) is 18.4 Å². The molecule has 1 saturated heterocycles. The molecule has 128 valence electrons. The van der Waals surface area contributed by atoms with E-state index in [0.717, 1.165) is 49.8 Å². The molecule has 0 radical (unpaired) electrons. The Balaban J connectivity index is 1.63. The third-order valence-electron chi connectivity index (χ3n) is 4.51. The molecule has 24 heavy (non-hydrogen) atoms. The fourth-order valence-electron chi connectivity index (χ4n) is 3.31. The van der Waals surface area contributed by atoms with Crippen LogP contribution in [0.4, 0.5) is 5.82 Å². The van der Waals surface area contributed by atoms with Crippen LogP contribution in [0.25, 0.3) is 0 Å². The first kappa shape index (κ1) is 16.9. The lowest BCUT2D eigenvalue weighted by molar-refractivity contribution is 0.173. The minimum absolute atomic E-state index is 0.251. The van der Waals surface area contributed by atoms with Crippen molar-refractivity contribution in [1.82, 2.24) is 14.9 Å². The smallest absolute Gasteiger partial charge is 0.129 e. The number of aromatic nitrogens is 2. The van der Waals surface area contributed by atoms with Crippen LogP contribution in [0.3, 0.4) is 0 Å². The molecule has 2 aromatic rings. The van der Waals surface area contributed by atoms with Gasteiger partial charge in [-0.25, -0.2) is 9.97 Å². The largest absolute Gasteiger partial charge is 0.392 e. The third-order valence-corrected chi connectivity index (χ3v) is 4.51. The molecule has 1 aliphatic heterocycles. The van der Waals surface area contributed by atoms with Gasteiger partial charge in [0.05, 0.1) is 6.10 Å². The molecule has 2 atom stereocenters. The van der Waals surface area contributed by atoms with E-state index in [1.54, 1.807) is 0 Å². The fraction of sp³-hybridized carbons (Fsp3) is 0.474. The summed E-state index contributed by atoms with van der Waals surface area (Å²) in [6, 6.07) is 12.7. The maximum absolute atomic E-state index is 10.1. The first-order chi connectivity index (χ1) is 11.6. The van der Waals surface area contributed by atoms with Gasteiger partial charge in [-0.15, -0.1) is 0 Å². The molecule has 0 aliphatic carbocycles. The molecule has 1 aliphatic rings. The van der Waals surface area contributed by atoms with E-state index in [2.05, 4.69) is 51.4 Å². The molecule has 1 aromatic heterocycles. The number of benzene rings is 1. The van der Waals surface area contributed by atoms with Gasteiger partial charge in [0.25, 0.3) is 0 Å². The Morgan fingerprint density at radius 1 is 1.25 bits per heavy atom. The predicted molar refractivity (Wildman–Crippen MR) is 95.9 cm³/mol. The number of aryl methyl sites for hydroxylation is 2. The molecular weight excluding hydrogens is 300 g/mol. The summed E-state index contributed by atoms with van der Waals surface area (Å²) in [5, 5.41) is 13.5. The van der Waals surface area contributed by atoms with Gasteiger partial charge in [-0.1, -0.05) is 37.3 Å². The molecule has 5 heteroatoms. The van der Waals surface area contributed by atoms with Crippen LogP contribution >= 0.6 is 0 Å². The average Bonchev–Trinajstić information content (AvgIpc) is 2.93. The normalized spacial score (nSPS) is 21.1. The van der Waals surface area contributed by atoms with Gasteiger partial charge in [0.1, 0.15) is 11.6 Å². The monoisotopic (exact) mass is 326 g/mol. The summed E-state index contributed by atoms with van der Waals surface area (Å²) in [5.41, 5.74) is 2.33. The number of β-amino-alcohol motifs (C(OH)–C–C–N with tert-alkyl or cyclic N) is 1. The van der Waals surface area contributed by atoms with E-state index in [1.807, 2.05) is 19.1 Å². The number of rotatable bonds is 6. The van der Waals surface area contributed by atoms with E-state index in [4.69, 9.17) is 0 Å². The van der Waals surface area contributed by atoms with Crippen LogP contribution in [0, 0.1) is 6.92 Å². The van der Waals surface area contributed by atoms with Gasteiger partial charge in [-0.3, -0.25) is 4.90 Å². The molecule has 5 nitrogen and oxygen atoms in total. The van der Waals surface area contributed by atoms with Crippen LogP contribution in [0.2, 0.25) is 0 Å². The third kappa shape index (κ3) is 4.30. The summed E-state index contributed by atoms with van der Waals surface area (Å²) in [4.78, 5) is 11.2. The van der Waals surface area contributed by atoms with Gasteiger partial charge >= 0.3 is 0 Å². The molecule has 0 saturated carbocycles. The number of hydrogen-bond acceptors (Lipinski definition) is 5. The molecule has 2 heterocycles. The number of hydrogen-bond donors (Lipinski definition) is 2. The van der Waals surface area contributed by atoms with E-state index >= 15 is 0 Å². The van der Waals surface area contributed by atoms with Crippen LogP contribution < -0.4 is 5.32 Å². The van der Waals surface area contributed by atoms with Gasteiger partial charge in [0.15, 0.2) is 0 Å². The summed E-state index contributed by atoms with van der Waals surface area (Å²) in [5.74, 6) is 1.67. The zero-order chi connectivity index (χ0) is 16.9. The average molecular weight is 326 g/mol. The van der Waals surface area contributed by atoms with Crippen LogP contribution in [0.15, 0.2) is 36.4 Å². The highest BCUT2D eigenvalue weighted by atomic mass is 16.3. The fourth-order valence-corrected chi connectivity index (χ4v) is 3.31. The standard InChI is InChI=1S/C19H26N4O/c1-3-16-9-19(22-14(2)21-16)20-11-17-10-18(24)13-23(17)12-15-7-5-4-6-8-15/h4-9,17-18,24H,3,10-13H2,1-2H3,(H,20,21,22). The molecule has 0 bridgehead atoms. The Hall–Kier alpha value is -1.98. The van der Waals surface area contributed by atoms with Gasteiger partial charge in [0.2, 0.25) is 0 Å². The Kier molecular flexibility index (Phi) is 5.43. The summed E-state index contributed by atoms with van der Waals surface area (Å²) in [7, 11) is 0. The molecule has 1 aromatic carbocycles. The van der Waals surface area contributed by atoms with Gasteiger partial charge in [-0.2, -0.15) is 0 Å². The van der Waals surface area contributed by atoms with Crippen molar-refractivity contribution in [3.8, 4) is 0 Å². The van der Waals surface area contributed by atoms with E-state index in [1.165, 1.54) is 5.56 Å². The van der Waals surface area contributed by atoms with Crippen molar-refractivity contribution < 1.29 is 5.11 Å². The van der Waals surface area contributed by atoms with Gasteiger partial charge < -0.3 is 10.4 Å². The molecule has 3 rings (SSSR count). The Bertz CT molecular complexity index is 662. The molecule has 0 spiro atoms. The summed E-state index contributed by atoms with van der Waals surface area (Å²) >= 11 is 0. The van der Waals surface area contributed by atoms with Crippen molar-refractivity contribution in [3.05, 3.63) is 53.5 Å². The van der Waals surface area contributed by atoms with Crippen molar-refractivity contribution in [1.29, 1.82) is 0 Å². The summed E-state index contributed by atoms with van der Waals surface area (Å²) in [6.45, 7) is 6.40. The minimum Gasteiger partial charge on any atom is -0.392 e. The van der Waals surface area contributed by atoms with Crippen LogP contribution in [0.1, 0.15) is 30.4 Å². The number of nitrogens with one attached hydrogen (secondary N) is 1. The number of anilines is 1. The molecular formula is C19H26N4O. The lowest BCUT2D eigenvalue weighted by Gasteiger charge is -2.24. The quantitative estimate of drug-likeness (QED) is 0.853. The molecule has 2 unspecified atom stereocenters. The second-order valence-electron chi connectivity index (χ2n) is 6.48. The number of nitrogens with zero attached hydrogens (tertiary/aromatic N) is 3. The van der Waals surface area contributed by atoms with Crippen molar-refractivity contribution in [3.63, 3.8) is 0 Å². The van der Waals surface area contributed by atoms with Gasteiger partial charge in [0, 0.05) is 37.4 Å². The van der Waals surface area contributed by atoms with E-state index < -0.39 is 0 Å². The van der Waals surface area contributed by atoms with Gasteiger partial charge in [-0.05, 0) is 25.3 Å². The summed E-state index contributed by atoms with van der Waals surface area (Å²) in [6.07, 6.45) is 1.45. The highest BCUT2D eigenvalue weighted by Gasteiger charge is 2.30. The minimum atomic E-state index is -0.251. The Labute approximate surface area is 143 Å².